The maximum Gasteiger partial charge on any atom is 0.632 e. The first-order valence-corrected chi connectivity index (χ1v) is 6.74. The molecule has 5 nitrogen and oxygen atoms in total. The van der Waals surface area contributed by atoms with Crippen molar-refractivity contribution in [2.24, 2.45) is 0 Å². The average molecular weight is 286 g/mol. The summed E-state index contributed by atoms with van der Waals surface area (Å²) in [5.41, 5.74) is 1.67. The van der Waals surface area contributed by atoms with Gasteiger partial charge in [-0.25, -0.2) is 4.98 Å². The topological polar surface area (TPSA) is 60.5 Å². The lowest BCUT2D eigenvalue weighted by Gasteiger charge is -2.03. The molecule has 0 unspecified atom stereocenters. The number of nitrogens with zero attached hydrogens (tertiary/aromatic N) is 1. The molecule has 20 heavy (non-hydrogen) atoms. The molecule has 1 aliphatic heterocycles. The molecule has 0 radical (unpaired) electrons. The van der Waals surface area contributed by atoms with E-state index in [1.54, 1.807) is 0 Å². The highest BCUT2D eigenvalue weighted by atomic mass is 32.1. The van der Waals surface area contributed by atoms with Crippen LogP contribution in [0.1, 0.15) is 6.92 Å². The largest absolute Gasteiger partial charge is 0.632 e. The Balaban J connectivity index is 1.92. The van der Waals surface area contributed by atoms with Crippen molar-refractivity contribution < 1.29 is 14.1 Å². The smallest absolute Gasteiger partial charge is 0.520 e. The molecule has 100 valence electrons. The van der Waals surface area contributed by atoms with Gasteiger partial charge in [-0.2, -0.15) is 0 Å². The van der Waals surface area contributed by atoms with Crippen molar-refractivity contribution >= 4 is 45.2 Å². The molecule has 0 atom stereocenters. The number of thiazole rings is 1. The molecule has 1 fully saturated rings. The van der Waals surface area contributed by atoms with Crippen LogP contribution in [-0.4, -0.2) is 18.0 Å². The molecule has 0 bridgehead atoms. The molecule has 1 aliphatic rings. The van der Waals surface area contributed by atoms with Gasteiger partial charge in [-0.1, -0.05) is 30.6 Å². The Hall–Kier alpha value is -2.28. The summed E-state index contributed by atoms with van der Waals surface area (Å²) in [5, 5.41) is 3.25. The minimum absolute atomic E-state index is 0.140. The van der Waals surface area contributed by atoms with Gasteiger partial charge in [0.15, 0.2) is 5.13 Å². The van der Waals surface area contributed by atoms with E-state index in [1.807, 2.05) is 18.2 Å². The fourth-order valence-electron chi connectivity index (χ4n) is 1.84. The normalized spacial score (nSPS) is 14.3. The van der Waals surface area contributed by atoms with E-state index in [0.29, 0.717) is 16.6 Å². The second-order valence-electron chi connectivity index (χ2n) is 4.34. The van der Waals surface area contributed by atoms with Crippen LogP contribution in [0.4, 0.5) is 5.13 Å². The van der Waals surface area contributed by atoms with Gasteiger partial charge < -0.3 is 14.6 Å². The summed E-state index contributed by atoms with van der Waals surface area (Å²) in [5.74, 6) is 0.746. The number of hydrogen-bond donors (Lipinski definition) is 1. The van der Waals surface area contributed by atoms with E-state index in [4.69, 9.17) is 9.31 Å². The van der Waals surface area contributed by atoms with Crippen molar-refractivity contribution in [1.82, 2.24) is 4.98 Å². The first-order chi connectivity index (χ1) is 9.52. The minimum atomic E-state index is -0.522. The number of carbonyl (C=O) groups is 1. The zero-order chi connectivity index (χ0) is 14.3. The summed E-state index contributed by atoms with van der Waals surface area (Å²) in [7, 11) is -0.522. The maximum absolute atomic E-state index is 11.0. The molecule has 1 amide bonds. The van der Waals surface area contributed by atoms with E-state index in [0.717, 1.165) is 15.7 Å². The molecule has 2 heterocycles. The number of nitrogens with one attached hydrogen (secondary N) is 1. The number of anilines is 1. The predicted molar refractivity (Wildman–Crippen MR) is 79.8 cm³/mol. The number of benzene rings is 1. The lowest BCUT2D eigenvalue weighted by atomic mass is 9.79. The van der Waals surface area contributed by atoms with Crippen molar-refractivity contribution in [3.63, 3.8) is 0 Å². The summed E-state index contributed by atoms with van der Waals surface area (Å²) in [6.07, 6.45) is 0. The quantitative estimate of drug-likeness (QED) is 0.858. The predicted octanol–water partition coefficient (Wildman–Crippen LogP) is 2.02. The molecule has 1 aromatic heterocycles. The van der Waals surface area contributed by atoms with Crippen LogP contribution in [0.3, 0.4) is 0 Å². The molecular weight excluding hydrogens is 275 g/mol. The summed E-state index contributed by atoms with van der Waals surface area (Å²) < 4.78 is 11.9. The third kappa shape index (κ3) is 2.27. The standard InChI is InChI=1S/C13H11BN2O3S/c1-7-8(2)19-14(18-7)10-4-5-11-12(6-10)20-13(16-11)15-9(3)17/h4-6H,1-2H2,3H3,(H,15,16,17). The summed E-state index contributed by atoms with van der Waals surface area (Å²) >= 11 is 1.40. The Labute approximate surface area is 120 Å². The lowest BCUT2D eigenvalue weighted by molar-refractivity contribution is -0.114. The monoisotopic (exact) mass is 286 g/mol. The van der Waals surface area contributed by atoms with E-state index in [2.05, 4.69) is 23.5 Å². The van der Waals surface area contributed by atoms with Crippen LogP contribution < -0.4 is 10.8 Å². The summed E-state index contributed by atoms with van der Waals surface area (Å²) in [6, 6.07) is 5.66. The van der Waals surface area contributed by atoms with Crippen molar-refractivity contribution in [2.75, 3.05) is 5.32 Å². The molecule has 1 N–H and O–H groups in total. The molecule has 1 saturated heterocycles. The molecule has 7 heteroatoms. The number of carbonyl (C=O) groups excluding carboxylic acids is 1. The second-order valence-corrected chi connectivity index (χ2v) is 5.37. The minimum Gasteiger partial charge on any atom is -0.520 e. The fraction of sp³-hybridized carbons (Fsp3) is 0.0769. The zero-order valence-corrected chi connectivity index (χ0v) is 11.6. The van der Waals surface area contributed by atoms with Gasteiger partial charge in [-0.15, -0.1) is 0 Å². The van der Waals surface area contributed by atoms with Gasteiger partial charge in [0.05, 0.1) is 10.2 Å². The highest BCUT2D eigenvalue weighted by Gasteiger charge is 2.34. The Morgan fingerprint density at radius 1 is 1.35 bits per heavy atom. The maximum atomic E-state index is 11.0. The fourth-order valence-corrected chi connectivity index (χ4v) is 2.80. The van der Waals surface area contributed by atoms with Crippen molar-refractivity contribution in [3.8, 4) is 0 Å². The molecule has 0 aliphatic carbocycles. The number of aromatic nitrogens is 1. The van der Waals surface area contributed by atoms with E-state index in [9.17, 15) is 4.79 Å². The van der Waals surface area contributed by atoms with E-state index >= 15 is 0 Å². The van der Waals surface area contributed by atoms with Crippen LogP contribution in [0.5, 0.6) is 0 Å². The van der Waals surface area contributed by atoms with E-state index in [-0.39, 0.29) is 5.91 Å². The van der Waals surface area contributed by atoms with Gasteiger partial charge in [0.2, 0.25) is 5.91 Å². The van der Waals surface area contributed by atoms with Crippen LogP contribution in [0.2, 0.25) is 0 Å². The van der Waals surface area contributed by atoms with Gasteiger partial charge in [0.25, 0.3) is 0 Å². The Bertz CT molecular complexity index is 724. The highest BCUT2D eigenvalue weighted by molar-refractivity contribution is 7.22. The number of hydrogen-bond acceptors (Lipinski definition) is 5. The third-order valence-corrected chi connectivity index (χ3v) is 3.71. The van der Waals surface area contributed by atoms with Crippen LogP contribution in [0.25, 0.3) is 10.2 Å². The van der Waals surface area contributed by atoms with Gasteiger partial charge in [-0.3, -0.25) is 4.79 Å². The van der Waals surface area contributed by atoms with Gasteiger partial charge in [-0.05, 0) is 12.1 Å². The molecular formula is C13H11BN2O3S. The molecule has 0 spiro atoms. The van der Waals surface area contributed by atoms with Crippen molar-refractivity contribution in [2.45, 2.75) is 6.92 Å². The SMILES string of the molecule is C=C1OB(c2ccc3nc(NC(C)=O)sc3c2)OC1=C. The Morgan fingerprint density at radius 3 is 2.70 bits per heavy atom. The van der Waals surface area contributed by atoms with Gasteiger partial charge >= 0.3 is 7.12 Å². The molecule has 3 rings (SSSR count). The Kier molecular flexibility index (Phi) is 2.98. The number of fused-ring (bicyclic) bond motifs is 1. The second kappa shape index (κ2) is 4.68. The summed E-state index contributed by atoms with van der Waals surface area (Å²) in [6.45, 7) is 8.87. The molecule has 1 aromatic carbocycles. The van der Waals surface area contributed by atoms with Crippen molar-refractivity contribution in [3.05, 3.63) is 42.9 Å². The number of amides is 1. The van der Waals surface area contributed by atoms with Gasteiger partial charge in [0.1, 0.15) is 11.5 Å². The van der Waals surface area contributed by atoms with Crippen LogP contribution in [-0.2, 0) is 14.1 Å². The molecule has 0 saturated carbocycles. The lowest BCUT2D eigenvalue weighted by Crippen LogP contribution is -2.30. The molecule has 2 aromatic rings. The Morgan fingerprint density at radius 2 is 2.05 bits per heavy atom. The van der Waals surface area contributed by atoms with Crippen LogP contribution in [0, 0.1) is 0 Å². The first kappa shape index (κ1) is 12.7. The van der Waals surface area contributed by atoms with Crippen LogP contribution >= 0.6 is 11.3 Å². The van der Waals surface area contributed by atoms with Crippen LogP contribution in [0.15, 0.2) is 42.9 Å². The van der Waals surface area contributed by atoms with E-state index < -0.39 is 7.12 Å². The zero-order valence-electron chi connectivity index (χ0n) is 10.8. The van der Waals surface area contributed by atoms with Crippen molar-refractivity contribution in [1.29, 1.82) is 0 Å². The first-order valence-electron chi connectivity index (χ1n) is 5.92. The third-order valence-electron chi connectivity index (χ3n) is 2.78. The highest BCUT2D eigenvalue weighted by Crippen LogP contribution is 2.26. The van der Waals surface area contributed by atoms with E-state index in [1.165, 1.54) is 18.3 Å². The average Bonchev–Trinajstić information content (AvgIpc) is 2.91. The number of rotatable bonds is 2. The summed E-state index contributed by atoms with van der Waals surface area (Å²) in [4.78, 5) is 15.4. The van der Waals surface area contributed by atoms with Gasteiger partial charge in [0, 0.05) is 12.4 Å².